The summed E-state index contributed by atoms with van der Waals surface area (Å²) in [6.07, 6.45) is -3.25. The van der Waals surface area contributed by atoms with E-state index in [4.69, 9.17) is 0 Å². The van der Waals surface area contributed by atoms with Gasteiger partial charge in [0.05, 0.1) is 0 Å². The van der Waals surface area contributed by atoms with E-state index in [9.17, 15) is 13.2 Å². The van der Waals surface area contributed by atoms with Crippen molar-refractivity contribution in [2.75, 3.05) is 23.4 Å². The summed E-state index contributed by atoms with van der Waals surface area (Å²) in [5.41, 5.74) is -0.844. The Hall–Kier alpha value is -0.910. The van der Waals surface area contributed by atoms with Crippen molar-refractivity contribution in [3.63, 3.8) is 0 Å². The second kappa shape index (κ2) is 5.16. The minimum Gasteiger partial charge on any atom is -0.370 e. The number of aromatic nitrogens is 1. The lowest BCUT2D eigenvalue weighted by molar-refractivity contribution is -0.141. The Labute approximate surface area is 102 Å². The van der Waals surface area contributed by atoms with Crippen LogP contribution in [0.4, 0.5) is 19.0 Å². The van der Waals surface area contributed by atoms with Gasteiger partial charge in [0.25, 0.3) is 0 Å². The van der Waals surface area contributed by atoms with Gasteiger partial charge in [-0.25, -0.2) is 4.98 Å². The Morgan fingerprint density at radius 1 is 1.41 bits per heavy atom. The summed E-state index contributed by atoms with van der Waals surface area (Å²) in [6, 6.07) is 3.93. The van der Waals surface area contributed by atoms with E-state index in [-0.39, 0.29) is 0 Å². The van der Waals surface area contributed by atoms with Crippen molar-refractivity contribution < 1.29 is 13.2 Å². The van der Waals surface area contributed by atoms with Crippen LogP contribution in [0.5, 0.6) is 0 Å². The van der Waals surface area contributed by atoms with Crippen LogP contribution in [-0.4, -0.2) is 23.0 Å². The van der Waals surface area contributed by atoms with Crippen LogP contribution in [0.25, 0.3) is 0 Å². The van der Waals surface area contributed by atoms with Gasteiger partial charge in [-0.05, 0) is 36.0 Å². The molecule has 1 aromatic heterocycles. The summed E-state index contributed by atoms with van der Waals surface area (Å²) in [5, 5.41) is 2.97. The molecule has 6 heteroatoms. The number of halogens is 3. The molecule has 1 atom stereocenters. The van der Waals surface area contributed by atoms with Gasteiger partial charge >= 0.3 is 6.18 Å². The first kappa shape index (κ1) is 12.5. The number of anilines is 1. The third-order valence-corrected chi connectivity index (χ3v) is 3.87. The Balaban J connectivity index is 1.96. The van der Waals surface area contributed by atoms with Gasteiger partial charge in [-0.3, -0.25) is 0 Å². The largest absolute Gasteiger partial charge is 0.433 e. The van der Waals surface area contributed by atoms with Crippen molar-refractivity contribution in [3.8, 4) is 0 Å². The Kier molecular flexibility index (Phi) is 3.81. The van der Waals surface area contributed by atoms with Gasteiger partial charge in [-0.1, -0.05) is 6.07 Å². The first-order valence-electron chi connectivity index (χ1n) is 5.41. The summed E-state index contributed by atoms with van der Waals surface area (Å²) in [5.74, 6) is 3.06. The van der Waals surface area contributed by atoms with Gasteiger partial charge in [0.2, 0.25) is 0 Å². The maximum Gasteiger partial charge on any atom is 0.433 e. The van der Waals surface area contributed by atoms with Gasteiger partial charge in [-0.2, -0.15) is 24.9 Å². The highest BCUT2D eigenvalue weighted by atomic mass is 32.2. The molecule has 2 heterocycles. The Bertz CT molecular complexity index is 375. The van der Waals surface area contributed by atoms with E-state index in [0.717, 1.165) is 24.0 Å². The molecule has 0 bridgehead atoms. The molecule has 1 aliphatic rings. The normalized spacial score (nSPS) is 20.5. The number of thioether (sulfide) groups is 1. The molecule has 94 valence electrons. The van der Waals surface area contributed by atoms with E-state index in [1.165, 1.54) is 6.07 Å². The van der Waals surface area contributed by atoms with Gasteiger partial charge in [0, 0.05) is 6.54 Å². The number of pyridine rings is 1. The highest BCUT2D eigenvalue weighted by Crippen LogP contribution is 2.28. The van der Waals surface area contributed by atoms with Crippen molar-refractivity contribution in [1.29, 1.82) is 0 Å². The van der Waals surface area contributed by atoms with Crippen LogP contribution in [0.3, 0.4) is 0 Å². The number of hydrogen-bond acceptors (Lipinski definition) is 3. The van der Waals surface area contributed by atoms with E-state index in [0.29, 0.717) is 18.3 Å². The number of rotatable bonds is 3. The fourth-order valence-electron chi connectivity index (χ4n) is 1.68. The molecule has 1 saturated heterocycles. The summed E-state index contributed by atoms with van der Waals surface area (Å²) in [6.45, 7) is 0.696. The monoisotopic (exact) mass is 262 g/mol. The predicted octanol–water partition coefficient (Wildman–Crippen LogP) is 3.27. The molecule has 0 spiro atoms. The SMILES string of the molecule is FC(F)(F)c1cccc(NCC2CCSC2)n1. The predicted molar refractivity (Wildman–Crippen MR) is 63.2 cm³/mol. The maximum absolute atomic E-state index is 12.4. The molecular weight excluding hydrogens is 249 g/mol. The van der Waals surface area contributed by atoms with Gasteiger partial charge in [0.1, 0.15) is 11.5 Å². The maximum atomic E-state index is 12.4. The van der Waals surface area contributed by atoms with Gasteiger partial charge < -0.3 is 5.32 Å². The summed E-state index contributed by atoms with van der Waals surface area (Å²) < 4.78 is 37.2. The van der Waals surface area contributed by atoms with Crippen LogP contribution in [0.2, 0.25) is 0 Å². The molecule has 2 rings (SSSR count). The zero-order valence-corrected chi connectivity index (χ0v) is 9.94. The van der Waals surface area contributed by atoms with Crippen molar-refractivity contribution in [3.05, 3.63) is 23.9 Å². The van der Waals surface area contributed by atoms with Crippen LogP contribution in [-0.2, 0) is 6.18 Å². The van der Waals surface area contributed by atoms with Crippen LogP contribution < -0.4 is 5.32 Å². The first-order chi connectivity index (χ1) is 8.05. The topological polar surface area (TPSA) is 24.9 Å². The third-order valence-electron chi connectivity index (χ3n) is 2.64. The molecule has 1 N–H and O–H groups in total. The molecule has 2 nitrogen and oxygen atoms in total. The number of hydrogen-bond donors (Lipinski definition) is 1. The highest BCUT2D eigenvalue weighted by Gasteiger charge is 2.32. The number of nitrogens with one attached hydrogen (secondary N) is 1. The molecule has 0 saturated carbocycles. The molecule has 0 radical (unpaired) electrons. The van der Waals surface area contributed by atoms with Gasteiger partial charge in [-0.15, -0.1) is 0 Å². The number of nitrogens with zero attached hydrogens (tertiary/aromatic N) is 1. The average Bonchev–Trinajstić information content (AvgIpc) is 2.78. The van der Waals surface area contributed by atoms with E-state index in [1.54, 1.807) is 6.07 Å². The van der Waals surface area contributed by atoms with Crippen molar-refractivity contribution in [2.45, 2.75) is 12.6 Å². The second-order valence-corrected chi connectivity index (χ2v) is 5.17. The molecule has 0 aliphatic carbocycles. The first-order valence-corrected chi connectivity index (χ1v) is 6.57. The molecular formula is C11H13F3N2S. The molecule has 1 aromatic rings. The molecule has 0 amide bonds. The number of alkyl halides is 3. The highest BCUT2D eigenvalue weighted by molar-refractivity contribution is 7.99. The second-order valence-electron chi connectivity index (χ2n) is 4.02. The lowest BCUT2D eigenvalue weighted by atomic mass is 10.1. The summed E-state index contributed by atoms with van der Waals surface area (Å²) in [4.78, 5) is 3.56. The van der Waals surface area contributed by atoms with Crippen LogP contribution in [0, 0.1) is 5.92 Å². The zero-order chi connectivity index (χ0) is 12.3. The standard InChI is InChI=1S/C11H13F3N2S/c12-11(13,14)9-2-1-3-10(16-9)15-6-8-4-5-17-7-8/h1-3,8H,4-7H2,(H,15,16). The Morgan fingerprint density at radius 3 is 2.88 bits per heavy atom. The molecule has 0 aromatic carbocycles. The molecule has 1 aliphatic heterocycles. The molecule has 1 fully saturated rings. The lowest BCUT2D eigenvalue weighted by Gasteiger charge is -2.12. The summed E-state index contributed by atoms with van der Waals surface area (Å²) >= 11 is 1.88. The summed E-state index contributed by atoms with van der Waals surface area (Å²) in [7, 11) is 0. The van der Waals surface area contributed by atoms with E-state index < -0.39 is 11.9 Å². The fourth-order valence-corrected chi connectivity index (χ4v) is 2.97. The van der Waals surface area contributed by atoms with Gasteiger partial charge in [0.15, 0.2) is 0 Å². The Morgan fingerprint density at radius 2 is 2.24 bits per heavy atom. The van der Waals surface area contributed by atoms with Crippen LogP contribution in [0.15, 0.2) is 18.2 Å². The third kappa shape index (κ3) is 3.52. The van der Waals surface area contributed by atoms with Crippen LogP contribution >= 0.6 is 11.8 Å². The van der Waals surface area contributed by atoms with Crippen molar-refractivity contribution in [1.82, 2.24) is 4.98 Å². The fraction of sp³-hybridized carbons (Fsp3) is 0.545. The quantitative estimate of drug-likeness (QED) is 0.905. The molecule has 1 unspecified atom stereocenters. The minimum atomic E-state index is -4.37. The average molecular weight is 262 g/mol. The van der Waals surface area contributed by atoms with E-state index >= 15 is 0 Å². The zero-order valence-electron chi connectivity index (χ0n) is 9.13. The van der Waals surface area contributed by atoms with Crippen LogP contribution in [0.1, 0.15) is 12.1 Å². The lowest BCUT2D eigenvalue weighted by Crippen LogP contribution is -2.15. The molecule has 17 heavy (non-hydrogen) atoms. The minimum absolute atomic E-state index is 0.303. The van der Waals surface area contributed by atoms with Crippen molar-refractivity contribution in [2.24, 2.45) is 5.92 Å². The van der Waals surface area contributed by atoms with Crippen molar-refractivity contribution >= 4 is 17.6 Å². The van der Waals surface area contributed by atoms with E-state index in [1.807, 2.05) is 11.8 Å². The smallest absolute Gasteiger partial charge is 0.370 e. The van der Waals surface area contributed by atoms with E-state index in [2.05, 4.69) is 10.3 Å².